The molecule has 0 saturated carbocycles. The summed E-state index contributed by atoms with van der Waals surface area (Å²) in [7, 11) is 1.38. The minimum absolute atomic E-state index is 0.218. The molecule has 0 bridgehead atoms. The maximum Gasteiger partial charge on any atom is 0.306 e. The Morgan fingerprint density at radius 3 is 3.11 bits per heavy atom. The minimum Gasteiger partial charge on any atom is -0.469 e. The lowest BCUT2D eigenvalue weighted by molar-refractivity contribution is -0.140. The lowest BCUT2D eigenvalue weighted by Gasteiger charge is -2.00. The van der Waals surface area contributed by atoms with Crippen molar-refractivity contribution in [2.24, 2.45) is 0 Å². The first-order chi connectivity index (χ1) is 8.69. The molecule has 6 heteroatoms. The molecule has 0 aliphatic heterocycles. The quantitative estimate of drug-likeness (QED) is 0.661. The molecule has 0 atom stereocenters. The number of hydrogen-bond donors (Lipinski definition) is 1. The van der Waals surface area contributed by atoms with E-state index in [0.29, 0.717) is 24.5 Å². The zero-order valence-corrected chi connectivity index (χ0v) is 10.8. The molecule has 0 aliphatic carbocycles. The standard InChI is InChI=1S/C12H14ClN3O2/c1-18-12(17)4-5-14-6-10-8-16-7-9(13)2-3-11(16)15-10/h2-3,7-8,14H,4-6H2,1H3. The van der Waals surface area contributed by atoms with E-state index in [1.807, 2.05) is 22.9 Å². The molecule has 2 aromatic rings. The molecular weight excluding hydrogens is 254 g/mol. The number of aromatic nitrogens is 2. The Labute approximate surface area is 110 Å². The van der Waals surface area contributed by atoms with Crippen LogP contribution in [0.1, 0.15) is 12.1 Å². The van der Waals surface area contributed by atoms with Gasteiger partial charge in [-0.2, -0.15) is 0 Å². The van der Waals surface area contributed by atoms with Gasteiger partial charge < -0.3 is 14.5 Å². The topological polar surface area (TPSA) is 55.6 Å². The van der Waals surface area contributed by atoms with Crippen LogP contribution in [0.5, 0.6) is 0 Å². The van der Waals surface area contributed by atoms with Crippen molar-refractivity contribution in [1.29, 1.82) is 0 Å². The summed E-state index contributed by atoms with van der Waals surface area (Å²) in [6, 6.07) is 3.67. The van der Waals surface area contributed by atoms with E-state index in [2.05, 4.69) is 15.0 Å². The molecule has 0 spiro atoms. The number of esters is 1. The van der Waals surface area contributed by atoms with Crippen LogP contribution in [0.2, 0.25) is 5.02 Å². The fourth-order valence-corrected chi connectivity index (χ4v) is 1.78. The summed E-state index contributed by atoms with van der Waals surface area (Å²) < 4.78 is 6.43. The summed E-state index contributed by atoms with van der Waals surface area (Å²) in [4.78, 5) is 15.3. The number of rotatable bonds is 5. The molecular formula is C12H14ClN3O2. The van der Waals surface area contributed by atoms with Crippen LogP contribution in [-0.2, 0) is 16.1 Å². The van der Waals surface area contributed by atoms with Gasteiger partial charge in [-0.05, 0) is 12.1 Å². The molecule has 0 aromatic carbocycles. The van der Waals surface area contributed by atoms with Gasteiger partial charge in [-0.3, -0.25) is 4.79 Å². The van der Waals surface area contributed by atoms with Crippen LogP contribution in [0.3, 0.4) is 0 Å². The molecule has 2 aromatic heterocycles. The summed E-state index contributed by atoms with van der Waals surface area (Å²) in [5, 5.41) is 3.80. The Morgan fingerprint density at radius 1 is 1.50 bits per heavy atom. The fraction of sp³-hybridized carbons (Fsp3) is 0.333. The number of imidazole rings is 1. The number of carbonyl (C=O) groups is 1. The maximum absolute atomic E-state index is 10.9. The van der Waals surface area contributed by atoms with Crippen LogP contribution in [0.25, 0.3) is 5.65 Å². The lowest BCUT2D eigenvalue weighted by Crippen LogP contribution is -2.18. The van der Waals surface area contributed by atoms with Gasteiger partial charge in [0.2, 0.25) is 0 Å². The summed E-state index contributed by atoms with van der Waals surface area (Å²) in [6.07, 6.45) is 4.07. The third-order valence-corrected chi connectivity index (χ3v) is 2.73. The Bertz CT molecular complexity index is 553. The maximum atomic E-state index is 10.9. The zero-order valence-electron chi connectivity index (χ0n) is 10.0. The number of hydrogen-bond acceptors (Lipinski definition) is 4. The minimum atomic E-state index is -0.218. The van der Waals surface area contributed by atoms with Crippen molar-refractivity contribution < 1.29 is 9.53 Å². The summed E-state index contributed by atoms with van der Waals surface area (Å²) in [6.45, 7) is 1.18. The van der Waals surface area contributed by atoms with E-state index in [1.165, 1.54) is 7.11 Å². The first-order valence-corrected chi connectivity index (χ1v) is 5.97. The predicted octanol–water partition coefficient (Wildman–Crippen LogP) is 1.64. The number of carbonyl (C=O) groups excluding carboxylic acids is 1. The van der Waals surface area contributed by atoms with Crippen molar-refractivity contribution in [3.63, 3.8) is 0 Å². The summed E-state index contributed by atoms with van der Waals surface area (Å²) >= 11 is 5.89. The molecule has 0 unspecified atom stereocenters. The van der Waals surface area contributed by atoms with Crippen molar-refractivity contribution in [1.82, 2.24) is 14.7 Å². The van der Waals surface area contributed by atoms with E-state index in [9.17, 15) is 4.79 Å². The second-order valence-electron chi connectivity index (χ2n) is 3.85. The number of nitrogens with zero attached hydrogens (tertiary/aromatic N) is 2. The number of halogens is 1. The first-order valence-electron chi connectivity index (χ1n) is 5.59. The van der Waals surface area contributed by atoms with Gasteiger partial charge in [-0.1, -0.05) is 11.6 Å². The van der Waals surface area contributed by atoms with Crippen LogP contribution < -0.4 is 5.32 Å². The van der Waals surface area contributed by atoms with E-state index in [4.69, 9.17) is 11.6 Å². The molecule has 0 amide bonds. The van der Waals surface area contributed by atoms with E-state index in [0.717, 1.165) is 11.3 Å². The van der Waals surface area contributed by atoms with Gasteiger partial charge in [0.05, 0.1) is 24.2 Å². The molecule has 0 saturated heterocycles. The molecule has 0 aliphatic rings. The Morgan fingerprint density at radius 2 is 2.33 bits per heavy atom. The largest absolute Gasteiger partial charge is 0.469 e. The average Bonchev–Trinajstić information content (AvgIpc) is 2.76. The molecule has 18 heavy (non-hydrogen) atoms. The third kappa shape index (κ3) is 3.21. The summed E-state index contributed by atoms with van der Waals surface area (Å²) in [5.41, 5.74) is 1.76. The van der Waals surface area contributed by atoms with Crippen LogP contribution in [-0.4, -0.2) is 29.0 Å². The van der Waals surface area contributed by atoms with E-state index < -0.39 is 0 Å². The van der Waals surface area contributed by atoms with Gasteiger partial charge >= 0.3 is 5.97 Å². The van der Waals surface area contributed by atoms with Crippen LogP contribution >= 0.6 is 11.6 Å². The normalized spacial score (nSPS) is 10.8. The van der Waals surface area contributed by atoms with E-state index in [1.54, 1.807) is 6.07 Å². The molecule has 96 valence electrons. The van der Waals surface area contributed by atoms with Gasteiger partial charge in [0.15, 0.2) is 0 Å². The number of pyridine rings is 1. The van der Waals surface area contributed by atoms with Crippen molar-refractivity contribution in [3.05, 3.63) is 35.2 Å². The SMILES string of the molecule is COC(=O)CCNCc1cn2cc(Cl)ccc2n1. The molecule has 1 N–H and O–H groups in total. The first kappa shape index (κ1) is 12.9. The highest BCUT2D eigenvalue weighted by molar-refractivity contribution is 6.30. The highest BCUT2D eigenvalue weighted by Gasteiger charge is 2.03. The van der Waals surface area contributed by atoms with Gasteiger partial charge in [-0.25, -0.2) is 4.98 Å². The summed E-state index contributed by atoms with van der Waals surface area (Å²) in [5.74, 6) is -0.218. The highest BCUT2D eigenvalue weighted by Crippen LogP contribution is 2.11. The third-order valence-electron chi connectivity index (χ3n) is 2.50. The van der Waals surface area contributed by atoms with Gasteiger partial charge in [0.25, 0.3) is 0 Å². The molecule has 0 fully saturated rings. The van der Waals surface area contributed by atoms with Crippen LogP contribution in [0.15, 0.2) is 24.5 Å². The smallest absolute Gasteiger partial charge is 0.306 e. The Balaban J connectivity index is 1.90. The van der Waals surface area contributed by atoms with Gasteiger partial charge in [0.1, 0.15) is 5.65 Å². The second-order valence-corrected chi connectivity index (χ2v) is 4.28. The average molecular weight is 268 g/mol. The molecule has 2 rings (SSSR count). The monoisotopic (exact) mass is 267 g/mol. The Hall–Kier alpha value is -1.59. The Kier molecular flexibility index (Phi) is 4.17. The number of fused-ring (bicyclic) bond motifs is 1. The fourth-order valence-electron chi connectivity index (χ4n) is 1.61. The lowest BCUT2D eigenvalue weighted by atomic mass is 10.4. The zero-order chi connectivity index (χ0) is 13.0. The number of methoxy groups -OCH3 is 1. The van der Waals surface area contributed by atoms with E-state index in [-0.39, 0.29) is 5.97 Å². The van der Waals surface area contributed by atoms with Crippen molar-refractivity contribution in [3.8, 4) is 0 Å². The van der Waals surface area contributed by atoms with Gasteiger partial charge in [0, 0.05) is 25.5 Å². The van der Waals surface area contributed by atoms with Crippen LogP contribution in [0, 0.1) is 0 Å². The molecule has 5 nitrogen and oxygen atoms in total. The van der Waals surface area contributed by atoms with Crippen molar-refractivity contribution in [2.45, 2.75) is 13.0 Å². The predicted molar refractivity (Wildman–Crippen MR) is 68.5 cm³/mol. The van der Waals surface area contributed by atoms with Crippen molar-refractivity contribution in [2.75, 3.05) is 13.7 Å². The highest BCUT2D eigenvalue weighted by atomic mass is 35.5. The molecule has 0 radical (unpaired) electrons. The van der Waals surface area contributed by atoms with Gasteiger partial charge in [-0.15, -0.1) is 0 Å². The van der Waals surface area contributed by atoms with E-state index >= 15 is 0 Å². The number of nitrogens with one attached hydrogen (secondary N) is 1. The molecule has 2 heterocycles. The number of ether oxygens (including phenoxy) is 1. The van der Waals surface area contributed by atoms with Crippen LogP contribution in [0.4, 0.5) is 0 Å². The second kappa shape index (κ2) is 5.84. The van der Waals surface area contributed by atoms with Crippen molar-refractivity contribution >= 4 is 23.2 Å².